The smallest absolute Gasteiger partial charge is 0.407 e. The van der Waals surface area contributed by atoms with Gasteiger partial charge in [-0.2, -0.15) is 0 Å². The van der Waals surface area contributed by atoms with Gasteiger partial charge in [0.2, 0.25) is 0 Å². The summed E-state index contributed by atoms with van der Waals surface area (Å²) in [6.07, 6.45) is -1.03. The standard InChI is InChI=1S/C25H23ClFNO4S/c1-16(28(25(31)32)14-23(30)18-3-2-4-20(26)12-18)11-17-5-8-22(9-6-17)33-24-10-7-21(27)13-19(24)15-29/h2-10,12-13,15-16,23,30H,11,14H2,1H3,(H,31,32)/t16-,23-/m1/s1. The molecule has 0 saturated carbocycles. The maximum atomic E-state index is 13.3. The van der Waals surface area contributed by atoms with E-state index in [1.54, 1.807) is 37.3 Å². The monoisotopic (exact) mass is 487 g/mol. The Morgan fingerprint density at radius 3 is 2.52 bits per heavy atom. The number of carbonyl (C=O) groups excluding carboxylic acids is 1. The van der Waals surface area contributed by atoms with Gasteiger partial charge in [0, 0.05) is 26.4 Å². The summed E-state index contributed by atoms with van der Waals surface area (Å²) in [7, 11) is 0. The molecule has 5 nitrogen and oxygen atoms in total. The minimum Gasteiger partial charge on any atom is -0.465 e. The minimum atomic E-state index is -1.12. The van der Waals surface area contributed by atoms with Gasteiger partial charge in [-0.15, -0.1) is 0 Å². The normalized spacial score (nSPS) is 12.7. The van der Waals surface area contributed by atoms with Crippen molar-refractivity contribution >= 4 is 35.7 Å². The molecule has 3 aromatic rings. The number of aldehydes is 1. The molecule has 0 aromatic heterocycles. The van der Waals surface area contributed by atoms with Crippen molar-refractivity contribution in [2.24, 2.45) is 0 Å². The Hall–Kier alpha value is -2.87. The fourth-order valence-corrected chi connectivity index (χ4v) is 4.51. The number of hydrogen-bond donors (Lipinski definition) is 2. The van der Waals surface area contributed by atoms with Crippen LogP contribution in [0.2, 0.25) is 5.02 Å². The highest BCUT2D eigenvalue weighted by molar-refractivity contribution is 7.99. The van der Waals surface area contributed by atoms with E-state index in [0.717, 1.165) is 10.5 Å². The lowest BCUT2D eigenvalue weighted by Gasteiger charge is -2.29. The first-order valence-corrected chi connectivity index (χ1v) is 11.4. The SMILES string of the molecule is C[C@H](Cc1ccc(Sc2ccc(F)cc2C=O)cc1)N(C[C@@H](O)c1cccc(Cl)c1)C(=O)O. The number of halogens is 2. The van der Waals surface area contributed by atoms with Crippen LogP contribution in [0.4, 0.5) is 9.18 Å². The van der Waals surface area contributed by atoms with E-state index in [-0.39, 0.29) is 18.2 Å². The summed E-state index contributed by atoms with van der Waals surface area (Å²) in [4.78, 5) is 25.8. The second kappa shape index (κ2) is 11.3. The predicted octanol–water partition coefficient (Wildman–Crippen LogP) is 6.09. The summed E-state index contributed by atoms with van der Waals surface area (Å²) in [5.41, 5.74) is 1.76. The Morgan fingerprint density at radius 1 is 1.15 bits per heavy atom. The molecular formula is C25H23ClFNO4S. The number of aliphatic hydroxyl groups excluding tert-OH is 1. The lowest BCUT2D eigenvalue weighted by molar-refractivity contribution is 0.0799. The zero-order valence-electron chi connectivity index (χ0n) is 17.8. The molecule has 0 heterocycles. The molecule has 0 unspecified atom stereocenters. The van der Waals surface area contributed by atoms with Crippen molar-refractivity contribution < 1.29 is 24.2 Å². The van der Waals surface area contributed by atoms with Crippen molar-refractivity contribution in [3.8, 4) is 0 Å². The molecule has 0 fully saturated rings. The van der Waals surface area contributed by atoms with Crippen LogP contribution in [0.15, 0.2) is 76.5 Å². The van der Waals surface area contributed by atoms with Gasteiger partial charge < -0.3 is 15.1 Å². The molecular weight excluding hydrogens is 465 g/mol. The van der Waals surface area contributed by atoms with E-state index in [1.807, 2.05) is 24.3 Å². The van der Waals surface area contributed by atoms with Crippen LogP contribution >= 0.6 is 23.4 Å². The van der Waals surface area contributed by atoms with Crippen LogP contribution in [0.1, 0.15) is 34.5 Å². The summed E-state index contributed by atoms with van der Waals surface area (Å²) >= 11 is 7.32. The van der Waals surface area contributed by atoms with Crippen molar-refractivity contribution in [1.29, 1.82) is 0 Å². The number of aliphatic hydroxyl groups is 1. The lowest BCUT2D eigenvalue weighted by atomic mass is 10.0. The Labute approximate surface area is 200 Å². The lowest BCUT2D eigenvalue weighted by Crippen LogP contribution is -2.41. The number of carboxylic acid groups (broad SMARTS) is 1. The van der Waals surface area contributed by atoms with Gasteiger partial charge >= 0.3 is 6.09 Å². The van der Waals surface area contributed by atoms with Gasteiger partial charge in [0.25, 0.3) is 0 Å². The molecule has 0 radical (unpaired) electrons. The maximum absolute atomic E-state index is 13.3. The summed E-state index contributed by atoms with van der Waals surface area (Å²) < 4.78 is 13.3. The number of rotatable bonds is 9. The molecule has 33 heavy (non-hydrogen) atoms. The molecule has 2 N–H and O–H groups in total. The van der Waals surface area contributed by atoms with E-state index in [9.17, 15) is 24.2 Å². The van der Waals surface area contributed by atoms with Crippen LogP contribution in [0.25, 0.3) is 0 Å². The molecule has 3 aromatic carbocycles. The summed E-state index contributed by atoms with van der Waals surface area (Å²) in [6, 6.07) is 17.9. The molecule has 0 spiro atoms. The number of benzene rings is 3. The predicted molar refractivity (Wildman–Crippen MR) is 127 cm³/mol. The molecule has 8 heteroatoms. The van der Waals surface area contributed by atoms with Crippen molar-refractivity contribution in [2.45, 2.75) is 35.3 Å². The van der Waals surface area contributed by atoms with E-state index in [0.29, 0.717) is 28.2 Å². The number of amides is 1. The van der Waals surface area contributed by atoms with Crippen LogP contribution in [-0.4, -0.2) is 40.1 Å². The highest BCUT2D eigenvalue weighted by Gasteiger charge is 2.23. The van der Waals surface area contributed by atoms with E-state index < -0.39 is 18.0 Å². The Bertz CT molecular complexity index is 1130. The Morgan fingerprint density at radius 2 is 1.88 bits per heavy atom. The van der Waals surface area contributed by atoms with Gasteiger partial charge in [0.1, 0.15) is 5.82 Å². The fraction of sp³-hybridized carbons (Fsp3) is 0.200. The first-order chi connectivity index (χ1) is 15.8. The molecule has 0 saturated heterocycles. The molecule has 1 amide bonds. The van der Waals surface area contributed by atoms with Crippen molar-refractivity contribution in [2.75, 3.05) is 6.54 Å². The number of nitrogens with zero attached hydrogens (tertiary/aromatic N) is 1. The molecule has 0 aliphatic carbocycles. The third kappa shape index (κ3) is 6.81. The fourth-order valence-electron chi connectivity index (χ4n) is 3.43. The van der Waals surface area contributed by atoms with E-state index in [4.69, 9.17) is 11.6 Å². The Kier molecular flexibility index (Phi) is 8.49. The zero-order valence-corrected chi connectivity index (χ0v) is 19.4. The number of carbonyl (C=O) groups is 2. The molecule has 0 bridgehead atoms. The number of hydrogen-bond acceptors (Lipinski definition) is 4. The van der Waals surface area contributed by atoms with Crippen molar-refractivity contribution in [3.63, 3.8) is 0 Å². The van der Waals surface area contributed by atoms with E-state index >= 15 is 0 Å². The van der Waals surface area contributed by atoms with Crippen LogP contribution < -0.4 is 0 Å². The third-order valence-corrected chi connectivity index (χ3v) is 6.50. The van der Waals surface area contributed by atoms with Gasteiger partial charge in [0.05, 0.1) is 12.6 Å². The molecule has 0 aliphatic rings. The summed E-state index contributed by atoms with van der Waals surface area (Å²) in [5.74, 6) is -0.464. The van der Waals surface area contributed by atoms with E-state index in [1.165, 1.54) is 28.8 Å². The third-order valence-electron chi connectivity index (χ3n) is 5.16. The largest absolute Gasteiger partial charge is 0.465 e. The first kappa shape index (κ1) is 24.8. The topological polar surface area (TPSA) is 77.8 Å². The average Bonchev–Trinajstić information content (AvgIpc) is 2.79. The van der Waals surface area contributed by atoms with Crippen molar-refractivity contribution in [3.05, 3.63) is 94.3 Å². The average molecular weight is 488 g/mol. The summed E-state index contributed by atoms with van der Waals surface area (Å²) in [6.45, 7) is 1.71. The van der Waals surface area contributed by atoms with Crippen LogP contribution in [0.3, 0.4) is 0 Å². The molecule has 2 atom stereocenters. The zero-order chi connectivity index (χ0) is 24.0. The maximum Gasteiger partial charge on any atom is 0.407 e. The summed E-state index contributed by atoms with van der Waals surface area (Å²) in [5, 5.41) is 20.7. The highest BCUT2D eigenvalue weighted by Crippen LogP contribution is 2.31. The molecule has 172 valence electrons. The van der Waals surface area contributed by atoms with Gasteiger partial charge in [-0.25, -0.2) is 9.18 Å². The van der Waals surface area contributed by atoms with Crippen LogP contribution in [0.5, 0.6) is 0 Å². The quantitative estimate of drug-likeness (QED) is 0.357. The van der Waals surface area contributed by atoms with Gasteiger partial charge in [-0.05, 0) is 66.9 Å². The van der Waals surface area contributed by atoms with Gasteiger partial charge in [0.15, 0.2) is 6.29 Å². The highest BCUT2D eigenvalue weighted by atomic mass is 35.5. The molecule has 0 aliphatic heterocycles. The van der Waals surface area contributed by atoms with Crippen LogP contribution in [0, 0.1) is 5.82 Å². The first-order valence-electron chi connectivity index (χ1n) is 10.2. The second-order valence-corrected chi connectivity index (χ2v) is 9.16. The Balaban J connectivity index is 1.66. The van der Waals surface area contributed by atoms with E-state index in [2.05, 4.69) is 0 Å². The second-order valence-electron chi connectivity index (χ2n) is 7.60. The minimum absolute atomic E-state index is 0.0795. The molecule has 3 rings (SSSR count). The van der Waals surface area contributed by atoms with Crippen molar-refractivity contribution in [1.82, 2.24) is 4.90 Å². The van der Waals surface area contributed by atoms with Gasteiger partial charge in [-0.1, -0.05) is 47.6 Å². The van der Waals surface area contributed by atoms with Gasteiger partial charge in [-0.3, -0.25) is 4.79 Å². The van der Waals surface area contributed by atoms with Crippen LogP contribution in [-0.2, 0) is 6.42 Å².